The molecule has 88 valence electrons. The summed E-state index contributed by atoms with van der Waals surface area (Å²) in [6, 6.07) is 12.0. The lowest BCUT2D eigenvalue weighted by Gasteiger charge is -2.14. The third kappa shape index (κ3) is 2.56. The Bertz CT molecular complexity index is 539. The van der Waals surface area contributed by atoms with Crippen molar-refractivity contribution in [3.63, 3.8) is 0 Å². The molecule has 2 aromatic rings. The van der Waals surface area contributed by atoms with Gasteiger partial charge < -0.3 is 5.73 Å². The van der Waals surface area contributed by atoms with E-state index in [0.717, 1.165) is 15.6 Å². The average molecular weight is 294 g/mol. The largest absolute Gasteiger partial charge is 0.320 e. The fraction of sp³-hybridized carbons (Fsp3) is 0.143. The maximum Gasteiger partial charge on any atom is 0.128 e. The van der Waals surface area contributed by atoms with Crippen LogP contribution in [0.5, 0.6) is 0 Å². The fourth-order valence-electron chi connectivity index (χ4n) is 1.77. The van der Waals surface area contributed by atoms with Crippen molar-refractivity contribution in [2.24, 2.45) is 5.73 Å². The Morgan fingerprint density at radius 1 is 1.18 bits per heavy atom. The molecule has 0 saturated heterocycles. The number of hydrogen-bond donors (Lipinski definition) is 1. The van der Waals surface area contributed by atoms with E-state index in [9.17, 15) is 4.39 Å². The third-order valence-corrected chi connectivity index (χ3v) is 3.67. The van der Waals surface area contributed by atoms with E-state index in [-0.39, 0.29) is 5.82 Å². The van der Waals surface area contributed by atoms with Crippen LogP contribution in [0.1, 0.15) is 22.7 Å². The van der Waals surface area contributed by atoms with E-state index >= 15 is 0 Å². The molecule has 1 nitrogen and oxygen atoms in total. The van der Waals surface area contributed by atoms with Gasteiger partial charge in [0.2, 0.25) is 0 Å². The summed E-state index contributed by atoms with van der Waals surface area (Å²) in [5, 5.41) is 0. The Morgan fingerprint density at radius 2 is 1.88 bits per heavy atom. The van der Waals surface area contributed by atoms with E-state index < -0.39 is 6.04 Å². The van der Waals surface area contributed by atoms with Gasteiger partial charge in [0.15, 0.2) is 0 Å². The Morgan fingerprint density at radius 3 is 2.53 bits per heavy atom. The van der Waals surface area contributed by atoms with Crippen LogP contribution in [0.3, 0.4) is 0 Å². The number of nitrogens with two attached hydrogens (primary N) is 1. The lowest BCUT2D eigenvalue weighted by Crippen LogP contribution is -2.13. The summed E-state index contributed by atoms with van der Waals surface area (Å²) in [5.41, 5.74) is 8.61. The molecule has 2 aromatic carbocycles. The van der Waals surface area contributed by atoms with Crippen molar-refractivity contribution >= 4 is 15.9 Å². The molecular weight excluding hydrogens is 281 g/mol. The molecule has 1 unspecified atom stereocenters. The van der Waals surface area contributed by atoms with Crippen molar-refractivity contribution in [3.8, 4) is 0 Å². The van der Waals surface area contributed by atoms with Crippen LogP contribution in [0.2, 0.25) is 0 Å². The Labute approximate surface area is 109 Å². The van der Waals surface area contributed by atoms with Crippen molar-refractivity contribution in [2.45, 2.75) is 13.0 Å². The van der Waals surface area contributed by atoms with Crippen LogP contribution in [0.15, 0.2) is 46.9 Å². The topological polar surface area (TPSA) is 26.0 Å². The van der Waals surface area contributed by atoms with Crippen LogP contribution < -0.4 is 5.73 Å². The predicted molar refractivity (Wildman–Crippen MR) is 71.3 cm³/mol. The van der Waals surface area contributed by atoms with Gasteiger partial charge in [0.25, 0.3) is 0 Å². The maximum atomic E-state index is 13.6. The maximum absolute atomic E-state index is 13.6. The second kappa shape index (κ2) is 4.98. The summed E-state index contributed by atoms with van der Waals surface area (Å²) in [6.45, 7) is 1.99. The van der Waals surface area contributed by atoms with Crippen molar-refractivity contribution in [1.82, 2.24) is 0 Å². The molecule has 0 saturated carbocycles. The molecule has 2 rings (SSSR count). The highest BCUT2D eigenvalue weighted by molar-refractivity contribution is 9.10. The molecule has 3 heteroatoms. The van der Waals surface area contributed by atoms with Crippen LogP contribution >= 0.6 is 15.9 Å². The van der Waals surface area contributed by atoms with Gasteiger partial charge in [-0.1, -0.05) is 46.3 Å². The fourth-order valence-corrected chi connectivity index (χ4v) is 2.01. The first-order valence-electron chi connectivity index (χ1n) is 5.35. The molecule has 0 aliphatic carbocycles. The third-order valence-electron chi connectivity index (χ3n) is 2.78. The minimum atomic E-state index is -0.428. The van der Waals surface area contributed by atoms with Gasteiger partial charge in [-0.3, -0.25) is 0 Å². The Kier molecular flexibility index (Phi) is 3.60. The van der Waals surface area contributed by atoms with Gasteiger partial charge in [-0.2, -0.15) is 0 Å². The molecule has 0 aromatic heterocycles. The molecule has 0 heterocycles. The van der Waals surface area contributed by atoms with Crippen LogP contribution in [0.25, 0.3) is 0 Å². The van der Waals surface area contributed by atoms with Gasteiger partial charge >= 0.3 is 0 Å². The first kappa shape index (κ1) is 12.3. The second-order valence-electron chi connectivity index (χ2n) is 4.01. The summed E-state index contributed by atoms with van der Waals surface area (Å²) in [6.07, 6.45) is 0. The van der Waals surface area contributed by atoms with Gasteiger partial charge in [-0.15, -0.1) is 0 Å². The summed E-state index contributed by atoms with van der Waals surface area (Å²) >= 11 is 3.43. The number of hydrogen-bond acceptors (Lipinski definition) is 1. The van der Waals surface area contributed by atoms with Gasteiger partial charge in [-0.25, -0.2) is 4.39 Å². The zero-order valence-corrected chi connectivity index (χ0v) is 11.0. The quantitative estimate of drug-likeness (QED) is 0.892. The summed E-state index contributed by atoms with van der Waals surface area (Å²) in [4.78, 5) is 0. The number of benzene rings is 2. The predicted octanol–water partition coefficient (Wildman–Crippen LogP) is 3.94. The molecule has 2 N–H and O–H groups in total. The standard InChI is InChI=1S/C14H13BrFN/c1-9-8-10(6-7-12(9)15)14(17)11-4-2-3-5-13(11)16/h2-8,14H,17H2,1H3. The molecule has 0 aliphatic rings. The highest BCUT2D eigenvalue weighted by atomic mass is 79.9. The van der Waals surface area contributed by atoms with Crippen molar-refractivity contribution in [1.29, 1.82) is 0 Å². The van der Waals surface area contributed by atoms with Crippen LogP contribution in [-0.2, 0) is 0 Å². The molecular formula is C14H13BrFN. The SMILES string of the molecule is Cc1cc(C(N)c2ccccc2F)ccc1Br. The van der Waals surface area contributed by atoms with Crippen molar-refractivity contribution in [2.75, 3.05) is 0 Å². The summed E-state index contributed by atoms with van der Waals surface area (Å²) < 4.78 is 14.6. The molecule has 1 atom stereocenters. The van der Waals surface area contributed by atoms with Gasteiger partial charge in [-0.05, 0) is 30.2 Å². The second-order valence-corrected chi connectivity index (χ2v) is 4.86. The summed E-state index contributed by atoms with van der Waals surface area (Å²) in [7, 11) is 0. The highest BCUT2D eigenvalue weighted by Gasteiger charge is 2.13. The molecule has 0 radical (unpaired) electrons. The first-order valence-corrected chi connectivity index (χ1v) is 6.15. The summed E-state index contributed by atoms with van der Waals surface area (Å²) in [5.74, 6) is -0.263. The van der Waals surface area contributed by atoms with E-state index in [0.29, 0.717) is 5.56 Å². The van der Waals surface area contributed by atoms with Crippen LogP contribution in [0, 0.1) is 12.7 Å². The van der Waals surface area contributed by atoms with Crippen molar-refractivity contribution < 1.29 is 4.39 Å². The monoisotopic (exact) mass is 293 g/mol. The molecule has 0 spiro atoms. The van der Waals surface area contributed by atoms with E-state index in [2.05, 4.69) is 15.9 Å². The van der Waals surface area contributed by atoms with Crippen LogP contribution in [0.4, 0.5) is 4.39 Å². The lowest BCUT2D eigenvalue weighted by atomic mass is 9.98. The lowest BCUT2D eigenvalue weighted by molar-refractivity contribution is 0.599. The van der Waals surface area contributed by atoms with Gasteiger partial charge in [0.05, 0.1) is 6.04 Å². The molecule has 0 bridgehead atoms. The molecule has 0 amide bonds. The van der Waals surface area contributed by atoms with E-state index in [1.54, 1.807) is 18.2 Å². The number of aryl methyl sites for hydroxylation is 1. The van der Waals surface area contributed by atoms with E-state index in [1.165, 1.54) is 6.07 Å². The molecule has 0 fully saturated rings. The zero-order valence-electron chi connectivity index (χ0n) is 9.45. The zero-order chi connectivity index (χ0) is 12.4. The van der Waals surface area contributed by atoms with E-state index in [1.807, 2.05) is 25.1 Å². The van der Waals surface area contributed by atoms with Gasteiger partial charge in [0, 0.05) is 10.0 Å². The first-order chi connectivity index (χ1) is 8.09. The normalized spacial score (nSPS) is 12.5. The van der Waals surface area contributed by atoms with E-state index in [4.69, 9.17) is 5.73 Å². The van der Waals surface area contributed by atoms with Gasteiger partial charge in [0.1, 0.15) is 5.82 Å². The Balaban J connectivity index is 2.40. The minimum absolute atomic E-state index is 0.263. The van der Waals surface area contributed by atoms with Crippen molar-refractivity contribution in [3.05, 3.63) is 69.4 Å². The molecule has 0 aliphatic heterocycles. The average Bonchev–Trinajstić information content (AvgIpc) is 2.32. The smallest absolute Gasteiger partial charge is 0.128 e. The molecule has 17 heavy (non-hydrogen) atoms. The number of halogens is 2. The Hall–Kier alpha value is -1.19. The van der Waals surface area contributed by atoms with Crippen LogP contribution in [-0.4, -0.2) is 0 Å². The highest BCUT2D eigenvalue weighted by Crippen LogP contribution is 2.25. The number of rotatable bonds is 2. The minimum Gasteiger partial charge on any atom is -0.320 e.